The molecule has 26 heavy (non-hydrogen) atoms. The van der Waals surface area contributed by atoms with Crippen LogP contribution in [0.25, 0.3) is 6.08 Å². The number of nitro benzene ring substituents is 1. The summed E-state index contributed by atoms with van der Waals surface area (Å²) in [5, 5.41) is 11.1. The van der Waals surface area contributed by atoms with Gasteiger partial charge in [0, 0.05) is 17.2 Å². The number of aliphatic imine (C=N–C) groups is 1. The lowest BCUT2D eigenvalue weighted by Gasteiger charge is -2.04. The molecule has 0 fully saturated rings. The first kappa shape index (κ1) is 17.5. The van der Waals surface area contributed by atoms with Gasteiger partial charge in [0.05, 0.1) is 4.92 Å². The highest BCUT2D eigenvalue weighted by molar-refractivity contribution is 6.13. The third-order valence-corrected chi connectivity index (χ3v) is 4.18. The van der Waals surface area contributed by atoms with E-state index in [-0.39, 0.29) is 17.3 Å². The molecule has 0 spiro atoms. The summed E-state index contributed by atoms with van der Waals surface area (Å²) in [6.45, 7) is 5.87. The van der Waals surface area contributed by atoms with Crippen LogP contribution in [0.5, 0.6) is 0 Å². The van der Waals surface area contributed by atoms with Crippen LogP contribution < -0.4 is 0 Å². The largest absolute Gasteiger partial charge is 0.402 e. The maximum absolute atomic E-state index is 12.1. The van der Waals surface area contributed by atoms with Gasteiger partial charge in [0.1, 0.15) is 0 Å². The molecular weight excluding hydrogens is 332 g/mol. The van der Waals surface area contributed by atoms with Crippen molar-refractivity contribution >= 4 is 23.6 Å². The summed E-state index contributed by atoms with van der Waals surface area (Å²) in [6, 6.07) is 12.5. The van der Waals surface area contributed by atoms with Crippen LogP contribution in [0, 0.1) is 17.0 Å². The van der Waals surface area contributed by atoms with Gasteiger partial charge in [-0.25, -0.2) is 9.79 Å². The molecule has 2 aromatic rings. The first-order valence-electron chi connectivity index (χ1n) is 8.23. The minimum Gasteiger partial charge on any atom is -0.402 e. The molecule has 0 radical (unpaired) electrons. The second-order valence-electron chi connectivity index (χ2n) is 6.42. The first-order valence-corrected chi connectivity index (χ1v) is 8.23. The van der Waals surface area contributed by atoms with Gasteiger partial charge >= 0.3 is 5.97 Å². The lowest BCUT2D eigenvalue weighted by atomic mass is 10.0. The number of rotatable bonds is 4. The number of nitrogens with zero attached hydrogens (tertiary/aromatic N) is 2. The standard InChI is InChI=1S/C20H18N2O4/c1-12(2)15-8-5-14(6-9-15)10-17-20(23)26-19(21-17)16-7-4-13(3)18(11-16)22(24)25/h4-12H,1-3H3/b17-10-. The average Bonchev–Trinajstić information content (AvgIpc) is 2.96. The summed E-state index contributed by atoms with van der Waals surface area (Å²) in [7, 11) is 0. The number of carbonyl (C=O) groups is 1. The van der Waals surface area contributed by atoms with Crippen LogP contribution in [0.3, 0.4) is 0 Å². The van der Waals surface area contributed by atoms with E-state index in [1.807, 2.05) is 24.3 Å². The molecule has 0 unspecified atom stereocenters. The van der Waals surface area contributed by atoms with Crippen LogP contribution >= 0.6 is 0 Å². The van der Waals surface area contributed by atoms with E-state index >= 15 is 0 Å². The van der Waals surface area contributed by atoms with E-state index < -0.39 is 10.9 Å². The molecule has 0 atom stereocenters. The first-order chi connectivity index (χ1) is 12.3. The fraction of sp³-hybridized carbons (Fsp3) is 0.200. The van der Waals surface area contributed by atoms with Crippen molar-refractivity contribution in [2.75, 3.05) is 0 Å². The number of ether oxygens (including phenoxy) is 1. The topological polar surface area (TPSA) is 81.8 Å². The van der Waals surface area contributed by atoms with E-state index in [1.54, 1.807) is 25.1 Å². The Kier molecular flexibility index (Phi) is 4.67. The molecule has 2 aromatic carbocycles. The molecule has 132 valence electrons. The second-order valence-corrected chi connectivity index (χ2v) is 6.42. The fourth-order valence-corrected chi connectivity index (χ4v) is 2.61. The lowest BCUT2D eigenvalue weighted by Crippen LogP contribution is -2.06. The Morgan fingerprint density at radius 3 is 2.46 bits per heavy atom. The molecule has 1 heterocycles. The molecule has 0 amide bonds. The SMILES string of the molecule is Cc1ccc(C2=N/C(=C\c3ccc(C(C)C)cc3)C(=O)O2)cc1[N+](=O)[O-]. The van der Waals surface area contributed by atoms with E-state index in [9.17, 15) is 14.9 Å². The van der Waals surface area contributed by atoms with Crippen molar-refractivity contribution in [2.45, 2.75) is 26.7 Å². The number of carbonyl (C=O) groups excluding carboxylic acids is 1. The van der Waals surface area contributed by atoms with Crippen molar-refractivity contribution in [1.82, 2.24) is 0 Å². The van der Waals surface area contributed by atoms with Crippen molar-refractivity contribution in [3.8, 4) is 0 Å². The number of esters is 1. The van der Waals surface area contributed by atoms with E-state index in [2.05, 4.69) is 18.8 Å². The van der Waals surface area contributed by atoms with Crippen molar-refractivity contribution in [2.24, 2.45) is 4.99 Å². The minimum atomic E-state index is -0.573. The Balaban J connectivity index is 1.91. The summed E-state index contributed by atoms with van der Waals surface area (Å²) >= 11 is 0. The van der Waals surface area contributed by atoms with Gasteiger partial charge in [0.25, 0.3) is 5.69 Å². The van der Waals surface area contributed by atoms with Crippen LogP contribution in [0.15, 0.2) is 53.2 Å². The monoisotopic (exact) mass is 350 g/mol. The molecule has 1 aliphatic rings. The highest BCUT2D eigenvalue weighted by atomic mass is 16.6. The number of cyclic esters (lactones) is 1. The van der Waals surface area contributed by atoms with Gasteiger partial charge in [-0.3, -0.25) is 10.1 Å². The van der Waals surface area contributed by atoms with Gasteiger partial charge < -0.3 is 4.74 Å². The summed E-state index contributed by atoms with van der Waals surface area (Å²) in [6.07, 6.45) is 1.64. The molecule has 0 saturated heterocycles. The molecule has 6 heteroatoms. The number of nitro groups is 1. The van der Waals surface area contributed by atoms with Gasteiger partial charge in [0.15, 0.2) is 5.70 Å². The van der Waals surface area contributed by atoms with Gasteiger partial charge in [-0.15, -0.1) is 0 Å². The van der Waals surface area contributed by atoms with Crippen molar-refractivity contribution in [3.63, 3.8) is 0 Å². The van der Waals surface area contributed by atoms with Gasteiger partial charge in [-0.2, -0.15) is 0 Å². The summed E-state index contributed by atoms with van der Waals surface area (Å²) in [4.78, 5) is 26.9. The number of hydrogen-bond donors (Lipinski definition) is 0. The van der Waals surface area contributed by atoms with Crippen LogP contribution in [-0.4, -0.2) is 16.8 Å². The average molecular weight is 350 g/mol. The summed E-state index contributed by atoms with van der Waals surface area (Å²) in [5.41, 5.74) is 3.10. The van der Waals surface area contributed by atoms with Crippen LogP contribution in [0.2, 0.25) is 0 Å². The third kappa shape index (κ3) is 3.54. The van der Waals surface area contributed by atoms with E-state index in [0.29, 0.717) is 17.0 Å². The molecular formula is C20H18N2O4. The Morgan fingerprint density at radius 1 is 1.15 bits per heavy atom. The molecule has 3 rings (SSSR count). The maximum Gasteiger partial charge on any atom is 0.363 e. The zero-order chi connectivity index (χ0) is 18.8. The van der Waals surface area contributed by atoms with Crippen molar-refractivity contribution < 1.29 is 14.5 Å². The smallest absolute Gasteiger partial charge is 0.363 e. The predicted molar refractivity (Wildman–Crippen MR) is 99.0 cm³/mol. The van der Waals surface area contributed by atoms with Crippen LogP contribution in [0.4, 0.5) is 5.69 Å². The highest BCUT2D eigenvalue weighted by Crippen LogP contribution is 2.24. The Labute approximate surface area is 151 Å². The quantitative estimate of drug-likeness (QED) is 0.355. The third-order valence-electron chi connectivity index (χ3n) is 4.18. The van der Waals surface area contributed by atoms with Crippen molar-refractivity contribution in [1.29, 1.82) is 0 Å². The second kappa shape index (κ2) is 6.92. The van der Waals surface area contributed by atoms with Crippen LogP contribution in [-0.2, 0) is 9.53 Å². The van der Waals surface area contributed by atoms with E-state index in [1.165, 1.54) is 11.6 Å². The van der Waals surface area contributed by atoms with Gasteiger partial charge in [-0.1, -0.05) is 44.2 Å². The summed E-state index contributed by atoms with van der Waals surface area (Å²) < 4.78 is 5.19. The van der Waals surface area contributed by atoms with Crippen LogP contribution in [0.1, 0.15) is 42.0 Å². The molecule has 6 nitrogen and oxygen atoms in total. The molecule has 0 bridgehead atoms. The zero-order valence-electron chi connectivity index (χ0n) is 14.7. The molecule has 0 saturated carbocycles. The number of hydrogen-bond acceptors (Lipinski definition) is 5. The summed E-state index contributed by atoms with van der Waals surface area (Å²) in [5.74, 6) is -0.0746. The molecule has 1 aliphatic heterocycles. The lowest BCUT2D eigenvalue weighted by molar-refractivity contribution is -0.385. The molecule has 0 aliphatic carbocycles. The normalized spacial score (nSPS) is 15.3. The highest BCUT2D eigenvalue weighted by Gasteiger charge is 2.25. The Bertz CT molecular complexity index is 941. The fourth-order valence-electron chi connectivity index (χ4n) is 2.61. The van der Waals surface area contributed by atoms with Gasteiger partial charge in [-0.05, 0) is 36.1 Å². The zero-order valence-corrected chi connectivity index (χ0v) is 14.7. The Hall–Kier alpha value is -3.28. The van der Waals surface area contributed by atoms with E-state index in [4.69, 9.17) is 4.74 Å². The maximum atomic E-state index is 12.1. The number of aryl methyl sites for hydroxylation is 1. The minimum absolute atomic E-state index is 0.0389. The van der Waals surface area contributed by atoms with Gasteiger partial charge in [0.2, 0.25) is 5.90 Å². The molecule has 0 N–H and O–H groups in total. The Morgan fingerprint density at radius 2 is 1.85 bits per heavy atom. The number of benzene rings is 2. The van der Waals surface area contributed by atoms with E-state index in [0.717, 1.165) is 5.56 Å². The van der Waals surface area contributed by atoms with Crippen molar-refractivity contribution in [3.05, 3.63) is 80.5 Å². The predicted octanol–water partition coefficient (Wildman–Crippen LogP) is 4.37. The molecule has 0 aromatic heterocycles.